The zero-order chi connectivity index (χ0) is 19.5. The van der Waals surface area contributed by atoms with E-state index in [0.717, 1.165) is 18.2 Å². The Balaban J connectivity index is 2.32. The summed E-state index contributed by atoms with van der Waals surface area (Å²) < 4.78 is 40.6. The molecule has 0 aliphatic rings. The number of carbonyl (C=O) groups excluding carboxylic acids is 1. The van der Waals surface area contributed by atoms with Crippen LogP contribution in [-0.4, -0.2) is 32.8 Å². The van der Waals surface area contributed by atoms with Crippen LogP contribution in [0.1, 0.15) is 22.8 Å². The molecule has 1 N–H and O–H groups in total. The molecule has 2 rings (SSSR count). The molecule has 2 aromatic rings. The van der Waals surface area contributed by atoms with Crippen molar-refractivity contribution >= 4 is 39.1 Å². The van der Waals surface area contributed by atoms with Crippen LogP contribution >= 0.6 is 23.2 Å². The minimum atomic E-state index is -3.81. The Bertz CT molecular complexity index is 936. The quantitative estimate of drug-likeness (QED) is 0.777. The predicted octanol–water partition coefficient (Wildman–Crippen LogP) is 3.70. The van der Waals surface area contributed by atoms with Gasteiger partial charge in [0, 0.05) is 20.1 Å². The smallest absolute Gasteiger partial charge is 0.256 e. The molecule has 5 nitrogen and oxygen atoms in total. The van der Waals surface area contributed by atoms with Gasteiger partial charge in [-0.2, -0.15) is 0 Å². The molecule has 0 aromatic heterocycles. The second-order valence-electron chi connectivity index (χ2n) is 5.52. The van der Waals surface area contributed by atoms with Crippen molar-refractivity contribution in [3.05, 3.63) is 63.4 Å². The van der Waals surface area contributed by atoms with Gasteiger partial charge in [0.15, 0.2) is 0 Å². The van der Waals surface area contributed by atoms with Gasteiger partial charge in [-0.1, -0.05) is 42.3 Å². The molecule has 0 aliphatic heterocycles. The molecule has 9 heteroatoms. The minimum absolute atomic E-state index is 0.0852. The molecule has 2 aromatic carbocycles. The molecule has 0 radical (unpaired) electrons. The summed E-state index contributed by atoms with van der Waals surface area (Å²) in [5.41, 5.74) is 0.247. The molecular weight excluding hydrogens is 402 g/mol. The lowest BCUT2D eigenvalue weighted by Gasteiger charge is -2.19. The Kier molecular flexibility index (Phi) is 6.63. The third-order valence-corrected chi connectivity index (χ3v) is 6.00. The Morgan fingerprint density at radius 3 is 2.58 bits per heavy atom. The molecular formula is C17H17Cl2FN2O3S. The summed E-state index contributed by atoms with van der Waals surface area (Å²) in [7, 11) is -2.34. The summed E-state index contributed by atoms with van der Waals surface area (Å²) in [6.45, 7) is 1.88. The molecule has 0 atom stereocenters. The number of benzene rings is 2. The van der Waals surface area contributed by atoms with Crippen molar-refractivity contribution in [3.8, 4) is 0 Å². The Labute approximate surface area is 161 Å². The third-order valence-electron chi connectivity index (χ3n) is 3.60. The van der Waals surface area contributed by atoms with E-state index in [1.54, 1.807) is 25.1 Å². The average Bonchev–Trinajstić information content (AvgIpc) is 2.58. The summed E-state index contributed by atoms with van der Waals surface area (Å²) in [6, 6.07) is 8.08. The van der Waals surface area contributed by atoms with Crippen molar-refractivity contribution in [1.29, 1.82) is 0 Å². The first-order valence-corrected chi connectivity index (χ1v) is 9.89. The monoisotopic (exact) mass is 418 g/mol. The van der Waals surface area contributed by atoms with E-state index in [-0.39, 0.29) is 23.5 Å². The topological polar surface area (TPSA) is 66.5 Å². The van der Waals surface area contributed by atoms with E-state index in [0.29, 0.717) is 15.6 Å². The van der Waals surface area contributed by atoms with Crippen molar-refractivity contribution in [3.63, 3.8) is 0 Å². The number of nitrogens with zero attached hydrogens (tertiary/aromatic N) is 1. The summed E-state index contributed by atoms with van der Waals surface area (Å²) >= 11 is 12.1. The molecule has 26 heavy (non-hydrogen) atoms. The van der Waals surface area contributed by atoms with Crippen molar-refractivity contribution < 1.29 is 17.6 Å². The van der Waals surface area contributed by atoms with Crippen LogP contribution < -0.4 is 4.72 Å². The van der Waals surface area contributed by atoms with Gasteiger partial charge in [0.05, 0.1) is 20.5 Å². The highest BCUT2D eigenvalue weighted by molar-refractivity contribution is 7.89. The van der Waals surface area contributed by atoms with Gasteiger partial charge in [-0.15, -0.1) is 0 Å². The van der Waals surface area contributed by atoms with Crippen molar-refractivity contribution in [2.75, 3.05) is 13.6 Å². The van der Waals surface area contributed by atoms with E-state index in [2.05, 4.69) is 4.72 Å². The van der Waals surface area contributed by atoms with Crippen molar-refractivity contribution in [1.82, 2.24) is 9.62 Å². The maximum Gasteiger partial charge on any atom is 0.256 e. The number of hydrogen-bond donors (Lipinski definition) is 1. The first-order chi connectivity index (χ1) is 12.2. The van der Waals surface area contributed by atoms with Crippen LogP contribution in [0.3, 0.4) is 0 Å². The van der Waals surface area contributed by atoms with E-state index < -0.39 is 21.7 Å². The van der Waals surface area contributed by atoms with Crippen LogP contribution in [0.5, 0.6) is 0 Å². The van der Waals surface area contributed by atoms with E-state index in [1.807, 2.05) is 0 Å². The van der Waals surface area contributed by atoms with E-state index in [9.17, 15) is 17.6 Å². The number of carbonyl (C=O) groups is 1. The summed E-state index contributed by atoms with van der Waals surface area (Å²) in [5.74, 6) is -1.48. The van der Waals surface area contributed by atoms with Gasteiger partial charge in [0.2, 0.25) is 10.0 Å². The summed E-state index contributed by atoms with van der Waals surface area (Å²) in [4.78, 5) is 13.7. The van der Waals surface area contributed by atoms with Crippen LogP contribution in [0, 0.1) is 5.82 Å². The molecule has 0 unspecified atom stereocenters. The van der Waals surface area contributed by atoms with Gasteiger partial charge < -0.3 is 4.90 Å². The Morgan fingerprint density at radius 1 is 1.23 bits per heavy atom. The highest BCUT2D eigenvalue weighted by atomic mass is 35.5. The molecule has 0 saturated carbocycles. The van der Waals surface area contributed by atoms with Crippen LogP contribution in [0.4, 0.5) is 4.39 Å². The summed E-state index contributed by atoms with van der Waals surface area (Å²) in [6.07, 6.45) is 0. The first-order valence-electron chi connectivity index (χ1n) is 7.65. The largest absolute Gasteiger partial charge is 0.337 e. The van der Waals surface area contributed by atoms with Crippen molar-refractivity contribution in [2.45, 2.75) is 18.4 Å². The second-order valence-corrected chi connectivity index (χ2v) is 8.07. The molecule has 0 spiro atoms. The summed E-state index contributed by atoms with van der Waals surface area (Å²) in [5, 5.41) is 0.646. The minimum Gasteiger partial charge on any atom is -0.337 e. The SMILES string of the molecule is CCNS(=O)(=O)c1ccc(F)c(C(=O)N(C)Cc2cccc(Cl)c2Cl)c1. The lowest BCUT2D eigenvalue weighted by Crippen LogP contribution is -2.28. The second kappa shape index (κ2) is 8.35. The normalized spacial score (nSPS) is 11.4. The van der Waals surface area contributed by atoms with E-state index in [4.69, 9.17) is 23.2 Å². The van der Waals surface area contributed by atoms with Crippen LogP contribution in [-0.2, 0) is 16.6 Å². The molecule has 0 bridgehead atoms. The molecule has 0 fully saturated rings. The number of nitrogens with one attached hydrogen (secondary N) is 1. The van der Waals surface area contributed by atoms with E-state index >= 15 is 0 Å². The first kappa shape index (κ1) is 20.6. The fourth-order valence-corrected chi connectivity index (χ4v) is 3.76. The van der Waals surface area contributed by atoms with Crippen LogP contribution in [0.2, 0.25) is 10.0 Å². The fraction of sp³-hybridized carbons (Fsp3) is 0.235. The number of sulfonamides is 1. The zero-order valence-electron chi connectivity index (χ0n) is 14.1. The van der Waals surface area contributed by atoms with Gasteiger partial charge in [-0.05, 0) is 29.8 Å². The fourth-order valence-electron chi connectivity index (χ4n) is 2.31. The van der Waals surface area contributed by atoms with E-state index in [1.165, 1.54) is 11.9 Å². The highest BCUT2D eigenvalue weighted by Crippen LogP contribution is 2.27. The Hall–Kier alpha value is -1.67. The lowest BCUT2D eigenvalue weighted by molar-refractivity contribution is 0.0780. The highest BCUT2D eigenvalue weighted by Gasteiger charge is 2.22. The van der Waals surface area contributed by atoms with Gasteiger partial charge >= 0.3 is 0 Å². The number of amides is 1. The Morgan fingerprint density at radius 2 is 1.92 bits per heavy atom. The standard InChI is InChI=1S/C17H17Cl2FN2O3S/c1-3-21-26(24,25)12-7-8-15(20)13(9-12)17(23)22(2)10-11-5-4-6-14(18)16(11)19/h4-9,21H,3,10H2,1-2H3. The zero-order valence-corrected chi connectivity index (χ0v) is 16.4. The molecule has 140 valence electrons. The van der Waals surface area contributed by atoms with Gasteiger partial charge in [0.1, 0.15) is 5.82 Å². The third kappa shape index (κ3) is 4.54. The van der Waals surface area contributed by atoms with Gasteiger partial charge in [0.25, 0.3) is 5.91 Å². The van der Waals surface area contributed by atoms with Gasteiger partial charge in [-0.3, -0.25) is 4.79 Å². The average molecular weight is 419 g/mol. The predicted molar refractivity (Wildman–Crippen MR) is 99.5 cm³/mol. The molecule has 0 saturated heterocycles. The maximum absolute atomic E-state index is 14.1. The van der Waals surface area contributed by atoms with Crippen LogP contribution in [0.25, 0.3) is 0 Å². The van der Waals surface area contributed by atoms with Crippen molar-refractivity contribution in [2.24, 2.45) is 0 Å². The molecule has 1 amide bonds. The molecule has 0 aliphatic carbocycles. The molecule has 0 heterocycles. The number of hydrogen-bond acceptors (Lipinski definition) is 3. The number of rotatable bonds is 6. The number of halogens is 3. The van der Waals surface area contributed by atoms with Crippen LogP contribution in [0.15, 0.2) is 41.3 Å². The maximum atomic E-state index is 14.1. The van der Waals surface area contributed by atoms with Gasteiger partial charge in [-0.25, -0.2) is 17.5 Å². The lowest BCUT2D eigenvalue weighted by atomic mass is 10.1.